The number of ether oxygens (including phenoxy) is 1. The van der Waals surface area contributed by atoms with Crippen LogP contribution in [0.2, 0.25) is 0 Å². The first kappa shape index (κ1) is 16.2. The molecule has 0 saturated carbocycles. The van der Waals surface area contributed by atoms with E-state index in [1.54, 1.807) is 0 Å². The lowest BCUT2D eigenvalue weighted by atomic mass is 9.97. The first-order chi connectivity index (χ1) is 10.1. The molecular formula is C15H10F6O. The Morgan fingerprint density at radius 2 is 1.36 bits per heavy atom. The lowest BCUT2D eigenvalue weighted by Crippen LogP contribution is -2.09. The Kier molecular flexibility index (Phi) is 4.08. The van der Waals surface area contributed by atoms with Gasteiger partial charge < -0.3 is 4.74 Å². The molecule has 118 valence electrons. The Morgan fingerprint density at radius 3 is 1.91 bits per heavy atom. The second kappa shape index (κ2) is 5.55. The fraction of sp³-hybridized carbons (Fsp3) is 0.200. The van der Waals surface area contributed by atoms with Gasteiger partial charge in [-0.05, 0) is 29.3 Å². The van der Waals surface area contributed by atoms with E-state index < -0.39 is 29.2 Å². The Labute approximate surface area is 122 Å². The summed E-state index contributed by atoms with van der Waals surface area (Å²) in [5.74, 6) is -0.444. The van der Waals surface area contributed by atoms with Crippen molar-refractivity contribution in [3.8, 4) is 16.9 Å². The molecule has 0 bridgehead atoms. The molecule has 0 heterocycles. The van der Waals surface area contributed by atoms with Crippen LogP contribution in [0.25, 0.3) is 11.1 Å². The van der Waals surface area contributed by atoms with E-state index in [2.05, 4.69) is 4.74 Å². The first-order valence-corrected chi connectivity index (χ1v) is 6.06. The molecule has 0 aliphatic rings. The molecule has 2 aromatic carbocycles. The highest BCUT2D eigenvalue weighted by molar-refractivity contribution is 5.70. The summed E-state index contributed by atoms with van der Waals surface area (Å²) in [6.07, 6.45) is -9.39. The predicted octanol–water partition coefficient (Wildman–Crippen LogP) is 5.40. The SMILES string of the molecule is COc1ccc(-c2ccccc2C(F)(F)F)cc1C(F)(F)F. The Bertz CT molecular complexity index is 672. The standard InChI is InChI=1S/C15H10F6O/c1-22-13-7-6-9(8-12(13)15(19,20)21)10-4-2-3-5-11(10)14(16,17)18/h2-8H,1H3. The highest BCUT2D eigenvalue weighted by Crippen LogP contribution is 2.41. The molecule has 0 atom stereocenters. The molecule has 2 rings (SSSR count). The van der Waals surface area contributed by atoms with E-state index in [4.69, 9.17) is 0 Å². The topological polar surface area (TPSA) is 9.23 Å². The number of alkyl halides is 6. The summed E-state index contributed by atoms with van der Waals surface area (Å²) in [5, 5.41) is 0. The molecule has 0 spiro atoms. The Balaban J connectivity index is 2.65. The van der Waals surface area contributed by atoms with E-state index in [1.807, 2.05) is 0 Å². The maximum absolute atomic E-state index is 13.0. The highest BCUT2D eigenvalue weighted by atomic mass is 19.4. The van der Waals surface area contributed by atoms with Crippen molar-refractivity contribution >= 4 is 0 Å². The summed E-state index contributed by atoms with van der Waals surface area (Å²) in [5.41, 5.74) is -2.61. The molecule has 0 radical (unpaired) electrons. The number of hydrogen-bond acceptors (Lipinski definition) is 1. The fourth-order valence-corrected chi connectivity index (χ4v) is 2.08. The molecule has 0 unspecified atom stereocenters. The largest absolute Gasteiger partial charge is 0.496 e. The lowest BCUT2D eigenvalue weighted by molar-refractivity contribution is -0.138. The van der Waals surface area contributed by atoms with Crippen LogP contribution in [0.3, 0.4) is 0 Å². The number of rotatable bonds is 2. The average molecular weight is 320 g/mol. The summed E-state index contributed by atoms with van der Waals surface area (Å²) in [7, 11) is 1.06. The van der Waals surface area contributed by atoms with Gasteiger partial charge in [0.05, 0.1) is 18.2 Å². The van der Waals surface area contributed by atoms with Crippen LogP contribution in [-0.2, 0) is 12.4 Å². The summed E-state index contributed by atoms with van der Waals surface area (Å²) < 4.78 is 82.4. The van der Waals surface area contributed by atoms with E-state index in [-0.39, 0.29) is 11.1 Å². The van der Waals surface area contributed by atoms with Crippen molar-refractivity contribution in [1.29, 1.82) is 0 Å². The van der Waals surface area contributed by atoms with E-state index in [9.17, 15) is 26.3 Å². The Morgan fingerprint density at radius 1 is 0.773 bits per heavy atom. The van der Waals surface area contributed by atoms with Gasteiger partial charge in [-0.15, -0.1) is 0 Å². The van der Waals surface area contributed by atoms with Crippen molar-refractivity contribution < 1.29 is 31.1 Å². The maximum atomic E-state index is 13.0. The molecular weight excluding hydrogens is 310 g/mol. The second-order valence-corrected chi connectivity index (χ2v) is 4.46. The molecule has 0 N–H and O–H groups in total. The van der Waals surface area contributed by atoms with Crippen LogP contribution in [0.4, 0.5) is 26.3 Å². The zero-order chi connectivity index (χ0) is 16.5. The molecule has 1 nitrogen and oxygen atoms in total. The zero-order valence-electron chi connectivity index (χ0n) is 11.2. The summed E-state index contributed by atoms with van der Waals surface area (Å²) in [6, 6.07) is 7.30. The minimum absolute atomic E-state index is 0.180. The van der Waals surface area contributed by atoms with Gasteiger partial charge in [-0.3, -0.25) is 0 Å². The van der Waals surface area contributed by atoms with Crippen LogP contribution in [0, 0.1) is 0 Å². The number of halogens is 6. The molecule has 22 heavy (non-hydrogen) atoms. The number of methoxy groups -OCH3 is 1. The molecule has 0 aliphatic heterocycles. The fourth-order valence-electron chi connectivity index (χ4n) is 2.08. The number of hydrogen-bond donors (Lipinski definition) is 0. The molecule has 0 saturated heterocycles. The maximum Gasteiger partial charge on any atom is 0.419 e. The van der Waals surface area contributed by atoms with Crippen molar-refractivity contribution in [3.05, 3.63) is 53.6 Å². The first-order valence-electron chi connectivity index (χ1n) is 6.06. The molecule has 7 heteroatoms. The highest BCUT2D eigenvalue weighted by Gasteiger charge is 2.36. The van der Waals surface area contributed by atoms with E-state index in [0.29, 0.717) is 6.07 Å². The normalized spacial score (nSPS) is 12.3. The van der Waals surface area contributed by atoms with Crippen LogP contribution < -0.4 is 4.74 Å². The Hall–Kier alpha value is -2.18. The van der Waals surface area contributed by atoms with Crippen molar-refractivity contribution in [2.75, 3.05) is 7.11 Å². The van der Waals surface area contributed by atoms with E-state index in [1.165, 1.54) is 18.2 Å². The lowest BCUT2D eigenvalue weighted by Gasteiger charge is -2.16. The van der Waals surface area contributed by atoms with Gasteiger partial charge in [0.25, 0.3) is 0 Å². The van der Waals surface area contributed by atoms with Crippen LogP contribution in [-0.4, -0.2) is 7.11 Å². The smallest absolute Gasteiger partial charge is 0.419 e. The average Bonchev–Trinajstić information content (AvgIpc) is 2.45. The quantitative estimate of drug-likeness (QED) is 0.673. The van der Waals surface area contributed by atoms with Gasteiger partial charge in [0.2, 0.25) is 0 Å². The van der Waals surface area contributed by atoms with Gasteiger partial charge >= 0.3 is 12.4 Å². The second-order valence-electron chi connectivity index (χ2n) is 4.46. The van der Waals surface area contributed by atoms with Crippen molar-refractivity contribution in [1.82, 2.24) is 0 Å². The molecule has 0 aromatic heterocycles. The third kappa shape index (κ3) is 3.18. The van der Waals surface area contributed by atoms with Crippen molar-refractivity contribution in [2.45, 2.75) is 12.4 Å². The third-order valence-electron chi connectivity index (χ3n) is 3.05. The number of benzene rings is 2. The van der Waals surface area contributed by atoms with Crippen LogP contribution >= 0.6 is 0 Å². The van der Waals surface area contributed by atoms with Crippen molar-refractivity contribution in [2.24, 2.45) is 0 Å². The summed E-state index contributed by atoms with van der Waals surface area (Å²) >= 11 is 0. The molecule has 0 amide bonds. The van der Waals surface area contributed by atoms with Gasteiger partial charge in [0, 0.05) is 0 Å². The van der Waals surface area contributed by atoms with E-state index in [0.717, 1.165) is 25.3 Å². The minimum atomic E-state index is -4.73. The minimum Gasteiger partial charge on any atom is -0.496 e. The van der Waals surface area contributed by atoms with Crippen LogP contribution in [0.5, 0.6) is 5.75 Å². The van der Waals surface area contributed by atoms with Gasteiger partial charge in [0.1, 0.15) is 5.75 Å². The van der Waals surface area contributed by atoms with Gasteiger partial charge in [-0.1, -0.05) is 24.3 Å². The van der Waals surface area contributed by atoms with Gasteiger partial charge in [-0.2, -0.15) is 26.3 Å². The van der Waals surface area contributed by atoms with Gasteiger partial charge in [0.15, 0.2) is 0 Å². The third-order valence-corrected chi connectivity index (χ3v) is 3.05. The monoisotopic (exact) mass is 320 g/mol. The predicted molar refractivity (Wildman–Crippen MR) is 68.4 cm³/mol. The van der Waals surface area contributed by atoms with Crippen LogP contribution in [0.15, 0.2) is 42.5 Å². The molecule has 2 aromatic rings. The van der Waals surface area contributed by atoms with Crippen molar-refractivity contribution in [3.63, 3.8) is 0 Å². The molecule has 0 aliphatic carbocycles. The van der Waals surface area contributed by atoms with E-state index >= 15 is 0 Å². The summed E-state index contributed by atoms with van der Waals surface area (Å²) in [6.45, 7) is 0. The van der Waals surface area contributed by atoms with Crippen LogP contribution in [0.1, 0.15) is 11.1 Å². The van der Waals surface area contributed by atoms with Gasteiger partial charge in [-0.25, -0.2) is 0 Å². The summed E-state index contributed by atoms with van der Waals surface area (Å²) in [4.78, 5) is 0. The molecule has 0 fully saturated rings. The zero-order valence-corrected chi connectivity index (χ0v) is 11.2.